The molecule has 0 fully saturated rings. The van der Waals surface area contributed by atoms with Crippen LogP contribution >= 0.6 is 0 Å². The van der Waals surface area contributed by atoms with E-state index in [-0.39, 0.29) is 5.52 Å². The van der Waals surface area contributed by atoms with Gasteiger partial charge in [-0.05, 0) is 30.2 Å². The molecule has 0 amide bonds. The highest BCUT2D eigenvalue weighted by atomic mass is 19.4. The summed E-state index contributed by atoms with van der Waals surface area (Å²) in [7, 11) is 0. The number of alkyl halides is 3. The predicted molar refractivity (Wildman–Crippen MR) is 100 cm³/mol. The van der Waals surface area contributed by atoms with E-state index in [2.05, 4.69) is 12.0 Å². The van der Waals surface area contributed by atoms with Crippen molar-refractivity contribution >= 4 is 10.9 Å². The number of fused-ring (bicyclic) bond motifs is 1. The molecule has 1 radical (unpaired) electrons. The summed E-state index contributed by atoms with van der Waals surface area (Å²) >= 11 is 0. The van der Waals surface area contributed by atoms with E-state index < -0.39 is 11.7 Å². The first-order valence-corrected chi connectivity index (χ1v) is 8.46. The average molecular weight is 365 g/mol. The molecule has 4 rings (SSSR count). The van der Waals surface area contributed by atoms with Gasteiger partial charge in [-0.15, -0.1) is 0 Å². The minimum Gasteiger partial charge on any atom is -0.259 e. The predicted octanol–water partition coefficient (Wildman–Crippen LogP) is 5.95. The number of hydrogen-bond acceptors (Lipinski definition) is 1. The van der Waals surface area contributed by atoms with Crippen LogP contribution in [0.15, 0.2) is 72.8 Å². The van der Waals surface area contributed by atoms with Crippen LogP contribution in [0.2, 0.25) is 0 Å². The molecule has 4 aromatic rings. The Morgan fingerprint density at radius 3 is 2.33 bits per heavy atom. The van der Waals surface area contributed by atoms with E-state index in [9.17, 15) is 13.2 Å². The summed E-state index contributed by atoms with van der Waals surface area (Å²) in [5.74, 6) is 0. The third-order valence-electron chi connectivity index (χ3n) is 4.45. The third-order valence-corrected chi connectivity index (χ3v) is 4.45. The third kappa shape index (κ3) is 3.33. The lowest BCUT2D eigenvalue weighted by atomic mass is 10.0. The largest absolute Gasteiger partial charge is 0.418 e. The van der Waals surface area contributed by atoms with E-state index in [0.29, 0.717) is 17.6 Å². The lowest BCUT2D eigenvalue weighted by molar-refractivity contribution is -0.136. The van der Waals surface area contributed by atoms with E-state index in [0.717, 1.165) is 22.8 Å². The summed E-state index contributed by atoms with van der Waals surface area (Å²) in [6, 6.07) is 21.2. The lowest BCUT2D eigenvalue weighted by Gasteiger charge is -2.09. The van der Waals surface area contributed by atoms with Crippen molar-refractivity contribution in [1.82, 2.24) is 9.78 Å². The Labute approximate surface area is 154 Å². The molecule has 2 nitrogen and oxygen atoms in total. The quantitative estimate of drug-likeness (QED) is 0.438. The molecule has 0 aliphatic rings. The topological polar surface area (TPSA) is 17.8 Å². The van der Waals surface area contributed by atoms with Gasteiger partial charge in [-0.1, -0.05) is 60.7 Å². The van der Waals surface area contributed by atoms with E-state index in [1.165, 1.54) is 6.07 Å². The second-order valence-electron chi connectivity index (χ2n) is 6.39. The molecule has 0 aliphatic carbocycles. The highest BCUT2D eigenvalue weighted by molar-refractivity contribution is 5.95. The Balaban J connectivity index is 1.99. The van der Waals surface area contributed by atoms with Crippen molar-refractivity contribution in [3.8, 4) is 11.3 Å². The first-order chi connectivity index (χ1) is 12.9. The number of halogens is 3. The smallest absolute Gasteiger partial charge is 0.259 e. The van der Waals surface area contributed by atoms with Crippen molar-refractivity contribution in [2.45, 2.75) is 12.7 Å². The Morgan fingerprint density at radius 1 is 0.889 bits per heavy atom. The molecule has 0 spiro atoms. The van der Waals surface area contributed by atoms with E-state index in [4.69, 9.17) is 0 Å². The van der Waals surface area contributed by atoms with Gasteiger partial charge in [0.15, 0.2) is 0 Å². The molecule has 3 aromatic carbocycles. The number of aromatic nitrogens is 2. The van der Waals surface area contributed by atoms with Crippen molar-refractivity contribution < 1.29 is 13.2 Å². The Morgan fingerprint density at radius 2 is 1.63 bits per heavy atom. The Hall–Kier alpha value is -3.08. The van der Waals surface area contributed by atoms with Crippen LogP contribution in [0.25, 0.3) is 22.2 Å². The number of benzene rings is 3. The number of hydrogen-bond donors (Lipinski definition) is 0. The molecule has 135 valence electrons. The average Bonchev–Trinajstić information content (AvgIpc) is 2.99. The van der Waals surface area contributed by atoms with Crippen LogP contribution in [0.3, 0.4) is 0 Å². The van der Waals surface area contributed by atoms with Crippen LogP contribution in [-0.4, -0.2) is 9.78 Å². The normalized spacial score (nSPS) is 11.9. The first kappa shape index (κ1) is 17.3. The van der Waals surface area contributed by atoms with Crippen LogP contribution in [0, 0.1) is 6.92 Å². The van der Waals surface area contributed by atoms with Gasteiger partial charge in [0, 0.05) is 10.9 Å². The number of rotatable bonds is 3. The van der Waals surface area contributed by atoms with E-state index in [1.54, 1.807) is 10.7 Å². The van der Waals surface area contributed by atoms with Crippen LogP contribution in [0.4, 0.5) is 13.2 Å². The minimum absolute atomic E-state index is 0.0367. The molecule has 1 heterocycles. The fourth-order valence-corrected chi connectivity index (χ4v) is 3.27. The van der Waals surface area contributed by atoms with Gasteiger partial charge in [0.1, 0.15) is 5.52 Å². The van der Waals surface area contributed by atoms with Gasteiger partial charge in [-0.3, -0.25) is 4.68 Å². The zero-order chi connectivity index (χ0) is 19.0. The summed E-state index contributed by atoms with van der Waals surface area (Å²) in [6.07, 6.45) is -4.46. The lowest BCUT2D eigenvalue weighted by Crippen LogP contribution is -2.06. The summed E-state index contributed by atoms with van der Waals surface area (Å²) in [4.78, 5) is 0. The highest BCUT2D eigenvalue weighted by Crippen LogP contribution is 2.38. The fraction of sp³-hybridized carbons (Fsp3) is 0.0909. The Kier molecular flexibility index (Phi) is 4.22. The van der Waals surface area contributed by atoms with Crippen molar-refractivity contribution in [1.29, 1.82) is 0 Å². The molecular weight excluding hydrogens is 349 g/mol. The summed E-state index contributed by atoms with van der Waals surface area (Å²) in [5, 5.41) is 4.83. The zero-order valence-electron chi connectivity index (χ0n) is 14.4. The molecule has 27 heavy (non-hydrogen) atoms. The van der Waals surface area contributed by atoms with E-state index >= 15 is 0 Å². The molecule has 0 N–H and O–H groups in total. The highest BCUT2D eigenvalue weighted by Gasteiger charge is 2.34. The van der Waals surface area contributed by atoms with Crippen molar-refractivity contribution in [3.05, 3.63) is 96.4 Å². The first-order valence-electron chi connectivity index (χ1n) is 8.46. The second-order valence-corrected chi connectivity index (χ2v) is 6.39. The van der Waals surface area contributed by atoms with Gasteiger partial charge < -0.3 is 0 Å². The van der Waals surface area contributed by atoms with Gasteiger partial charge >= 0.3 is 6.18 Å². The second kappa shape index (κ2) is 6.58. The maximum Gasteiger partial charge on any atom is 0.418 e. The van der Waals surface area contributed by atoms with Gasteiger partial charge in [0.25, 0.3) is 0 Å². The zero-order valence-corrected chi connectivity index (χ0v) is 14.4. The summed E-state index contributed by atoms with van der Waals surface area (Å²) in [5.41, 5.74) is 2.45. The molecule has 5 heteroatoms. The monoisotopic (exact) mass is 365 g/mol. The van der Waals surface area contributed by atoms with Gasteiger partial charge in [0.05, 0.1) is 17.8 Å². The van der Waals surface area contributed by atoms with Crippen LogP contribution in [0.5, 0.6) is 0 Å². The fourth-order valence-electron chi connectivity index (χ4n) is 3.27. The SMILES string of the molecule is [CH2]c1cccc(-c2c3cccc(C(F)(F)F)c3nn2Cc2ccccc2)c1. The van der Waals surface area contributed by atoms with Crippen LogP contribution in [-0.2, 0) is 12.7 Å². The van der Waals surface area contributed by atoms with Gasteiger partial charge in [-0.2, -0.15) is 18.3 Å². The van der Waals surface area contributed by atoms with Gasteiger partial charge in [-0.25, -0.2) is 0 Å². The molecule has 0 aliphatic heterocycles. The molecule has 0 atom stereocenters. The van der Waals surface area contributed by atoms with Crippen molar-refractivity contribution in [2.75, 3.05) is 0 Å². The maximum absolute atomic E-state index is 13.5. The molecule has 0 saturated heterocycles. The molecule has 1 aromatic heterocycles. The Bertz CT molecular complexity index is 1100. The molecule has 0 bridgehead atoms. The van der Waals surface area contributed by atoms with Gasteiger partial charge in [0.2, 0.25) is 0 Å². The summed E-state index contributed by atoms with van der Waals surface area (Å²) in [6.45, 7) is 4.31. The van der Waals surface area contributed by atoms with Crippen LogP contribution in [0.1, 0.15) is 16.7 Å². The molecule has 0 unspecified atom stereocenters. The molecular formula is C22H16F3N2. The maximum atomic E-state index is 13.5. The summed E-state index contributed by atoms with van der Waals surface area (Å²) < 4.78 is 42.1. The number of nitrogens with zero attached hydrogens (tertiary/aromatic N) is 2. The minimum atomic E-state index is -4.46. The van der Waals surface area contributed by atoms with Crippen molar-refractivity contribution in [2.24, 2.45) is 0 Å². The van der Waals surface area contributed by atoms with Crippen LogP contribution < -0.4 is 0 Å². The van der Waals surface area contributed by atoms with E-state index in [1.807, 2.05) is 54.6 Å². The molecule has 0 saturated carbocycles. The van der Waals surface area contributed by atoms with Crippen molar-refractivity contribution in [3.63, 3.8) is 0 Å². The standard InChI is InChI=1S/C22H16F3N2/c1-15-7-5-10-17(13-15)21-18-11-6-12-19(22(23,24)25)20(18)26-27(21)14-16-8-3-2-4-9-16/h2-13H,1,14H2.